The van der Waals surface area contributed by atoms with Gasteiger partial charge in [0.25, 0.3) is 11.5 Å². The lowest BCUT2D eigenvalue weighted by Crippen LogP contribution is -2.23. The SMILES string of the molecule is CCn1c(=O)c(C)nc2cc(C(=O)Nc3ccccn3)ccc21. The average Bonchev–Trinajstić information content (AvgIpc) is 2.56. The van der Waals surface area contributed by atoms with Gasteiger partial charge in [0.05, 0.1) is 11.0 Å². The molecule has 6 heteroatoms. The van der Waals surface area contributed by atoms with Crippen molar-refractivity contribution in [1.82, 2.24) is 14.5 Å². The summed E-state index contributed by atoms with van der Waals surface area (Å²) in [6, 6.07) is 10.4. The average molecular weight is 308 g/mol. The molecule has 0 fully saturated rings. The van der Waals surface area contributed by atoms with Crippen molar-refractivity contribution in [1.29, 1.82) is 0 Å². The first-order chi connectivity index (χ1) is 11.1. The van der Waals surface area contributed by atoms with E-state index in [1.54, 1.807) is 54.1 Å². The van der Waals surface area contributed by atoms with Crippen LogP contribution in [0, 0.1) is 6.92 Å². The highest BCUT2D eigenvalue weighted by molar-refractivity contribution is 6.05. The fourth-order valence-electron chi connectivity index (χ4n) is 2.45. The molecular weight excluding hydrogens is 292 g/mol. The third-order valence-corrected chi connectivity index (χ3v) is 3.59. The Morgan fingerprint density at radius 3 is 2.78 bits per heavy atom. The molecule has 1 N–H and O–H groups in total. The molecular formula is C17H16N4O2. The molecule has 1 aromatic carbocycles. The van der Waals surface area contributed by atoms with Gasteiger partial charge in [0.1, 0.15) is 11.5 Å². The quantitative estimate of drug-likeness (QED) is 0.806. The second-order valence-corrected chi connectivity index (χ2v) is 5.12. The Morgan fingerprint density at radius 1 is 1.26 bits per heavy atom. The van der Waals surface area contributed by atoms with Crippen LogP contribution in [-0.2, 0) is 6.54 Å². The second-order valence-electron chi connectivity index (χ2n) is 5.12. The van der Waals surface area contributed by atoms with Gasteiger partial charge >= 0.3 is 0 Å². The number of rotatable bonds is 3. The summed E-state index contributed by atoms with van der Waals surface area (Å²) in [7, 11) is 0. The number of nitrogens with one attached hydrogen (secondary N) is 1. The number of hydrogen-bond donors (Lipinski definition) is 1. The molecule has 0 unspecified atom stereocenters. The molecule has 0 atom stereocenters. The lowest BCUT2D eigenvalue weighted by Gasteiger charge is -2.10. The van der Waals surface area contributed by atoms with Gasteiger partial charge in [-0.3, -0.25) is 9.59 Å². The van der Waals surface area contributed by atoms with E-state index >= 15 is 0 Å². The largest absolute Gasteiger partial charge is 0.307 e. The molecule has 0 bridgehead atoms. The maximum atomic E-state index is 12.3. The zero-order chi connectivity index (χ0) is 16.4. The van der Waals surface area contributed by atoms with Crippen molar-refractivity contribution in [3.63, 3.8) is 0 Å². The van der Waals surface area contributed by atoms with E-state index in [-0.39, 0.29) is 11.5 Å². The van der Waals surface area contributed by atoms with Crippen LogP contribution < -0.4 is 10.9 Å². The molecule has 6 nitrogen and oxygen atoms in total. The topological polar surface area (TPSA) is 76.9 Å². The highest BCUT2D eigenvalue weighted by atomic mass is 16.1. The standard InChI is InChI=1S/C17H16N4O2/c1-3-21-14-8-7-12(10-13(14)19-11(2)17(21)23)16(22)20-15-6-4-5-9-18-15/h4-10H,3H2,1-2H3,(H,18,20,22). The van der Waals surface area contributed by atoms with E-state index < -0.39 is 0 Å². The van der Waals surface area contributed by atoms with Crippen molar-refractivity contribution < 1.29 is 4.79 Å². The zero-order valence-electron chi connectivity index (χ0n) is 12.9. The van der Waals surface area contributed by atoms with E-state index in [9.17, 15) is 9.59 Å². The van der Waals surface area contributed by atoms with Crippen molar-refractivity contribution in [2.45, 2.75) is 20.4 Å². The number of hydrogen-bond acceptors (Lipinski definition) is 4. The van der Waals surface area contributed by atoms with E-state index in [2.05, 4.69) is 15.3 Å². The van der Waals surface area contributed by atoms with Crippen LogP contribution in [0.3, 0.4) is 0 Å². The third-order valence-electron chi connectivity index (χ3n) is 3.59. The molecule has 2 heterocycles. The lowest BCUT2D eigenvalue weighted by molar-refractivity contribution is 0.102. The van der Waals surface area contributed by atoms with E-state index in [0.29, 0.717) is 29.1 Å². The third kappa shape index (κ3) is 2.83. The molecule has 2 aromatic heterocycles. The van der Waals surface area contributed by atoms with Gasteiger partial charge in [-0.15, -0.1) is 0 Å². The lowest BCUT2D eigenvalue weighted by atomic mass is 10.1. The Hall–Kier alpha value is -3.02. The maximum absolute atomic E-state index is 12.3. The number of amides is 1. The second kappa shape index (κ2) is 6.00. The van der Waals surface area contributed by atoms with Crippen LogP contribution in [0.25, 0.3) is 11.0 Å². The molecule has 0 aliphatic heterocycles. The van der Waals surface area contributed by atoms with Gasteiger partial charge in [0.15, 0.2) is 0 Å². The number of carbonyl (C=O) groups is 1. The molecule has 116 valence electrons. The predicted molar refractivity (Wildman–Crippen MR) is 88.6 cm³/mol. The smallest absolute Gasteiger partial charge is 0.272 e. The van der Waals surface area contributed by atoms with Gasteiger partial charge in [-0.1, -0.05) is 6.07 Å². The summed E-state index contributed by atoms with van der Waals surface area (Å²) < 4.78 is 1.65. The Balaban J connectivity index is 2.02. The molecule has 0 saturated heterocycles. The van der Waals surface area contributed by atoms with Gasteiger partial charge < -0.3 is 9.88 Å². The van der Waals surface area contributed by atoms with Crippen LogP contribution in [0.1, 0.15) is 23.0 Å². The molecule has 0 spiro atoms. The van der Waals surface area contributed by atoms with Crippen LogP contribution in [0.2, 0.25) is 0 Å². The van der Waals surface area contributed by atoms with Gasteiger partial charge in [-0.25, -0.2) is 9.97 Å². The fraction of sp³-hybridized carbons (Fsp3) is 0.176. The van der Waals surface area contributed by atoms with E-state index in [4.69, 9.17) is 0 Å². The molecule has 0 aliphatic carbocycles. The van der Waals surface area contributed by atoms with Gasteiger partial charge in [0, 0.05) is 18.3 Å². The molecule has 23 heavy (non-hydrogen) atoms. The minimum absolute atomic E-state index is 0.106. The van der Waals surface area contributed by atoms with Crippen LogP contribution in [0.4, 0.5) is 5.82 Å². The number of carbonyl (C=O) groups excluding carboxylic acids is 1. The number of pyridine rings is 1. The fourth-order valence-corrected chi connectivity index (χ4v) is 2.45. The number of nitrogens with zero attached hydrogens (tertiary/aromatic N) is 3. The number of benzene rings is 1. The summed E-state index contributed by atoms with van der Waals surface area (Å²) in [5.41, 5.74) is 2.12. The molecule has 0 aliphatic rings. The predicted octanol–water partition coefficient (Wildman–Crippen LogP) is 2.37. The summed E-state index contributed by atoms with van der Waals surface area (Å²) in [5, 5.41) is 2.73. The minimum Gasteiger partial charge on any atom is -0.307 e. The molecule has 3 aromatic rings. The van der Waals surface area contributed by atoms with Crippen molar-refractivity contribution >= 4 is 22.8 Å². The van der Waals surface area contributed by atoms with E-state index in [1.807, 2.05) is 6.92 Å². The Labute approximate surface area is 132 Å². The number of aryl methyl sites for hydroxylation is 2. The molecule has 0 saturated carbocycles. The van der Waals surface area contributed by atoms with Crippen LogP contribution in [0.5, 0.6) is 0 Å². The monoisotopic (exact) mass is 308 g/mol. The molecule has 3 rings (SSSR count). The summed E-state index contributed by atoms with van der Waals surface area (Å²) in [4.78, 5) is 32.8. The summed E-state index contributed by atoms with van der Waals surface area (Å²) in [6.45, 7) is 4.13. The first-order valence-electron chi connectivity index (χ1n) is 7.33. The van der Waals surface area contributed by atoms with Crippen molar-refractivity contribution in [3.8, 4) is 0 Å². The summed E-state index contributed by atoms with van der Waals surface area (Å²) in [6.07, 6.45) is 1.61. The first kappa shape index (κ1) is 14.9. The number of aromatic nitrogens is 3. The highest BCUT2D eigenvalue weighted by Gasteiger charge is 2.11. The van der Waals surface area contributed by atoms with Crippen molar-refractivity contribution in [3.05, 3.63) is 64.2 Å². The van der Waals surface area contributed by atoms with Crippen molar-refractivity contribution in [2.24, 2.45) is 0 Å². The van der Waals surface area contributed by atoms with Crippen LogP contribution in [-0.4, -0.2) is 20.4 Å². The first-order valence-corrected chi connectivity index (χ1v) is 7.33. The van der Waals surface area contributed by atoms with Gasteiger partial charge in [-0.05, 0) is 44.2 Å². The summed E-state index contributed by atoms with van der Waals surface area (Å²) in [5.74, 6) is 0.222. The normalized spacial score (nSPS) is 10.7. The van der Waals surface area contributed by atoms with Gasteiger partial charge in [-0.2, -0.15) is 0 Å². The number of fused-ring (bicyclic) bond motifs is 1. The molecule has 1 amide bonds. The van der Waals surface area contributed by atoms with Gasteiger partial charge in [0.2, 0.25) is 0 Å². The highest BCUT2D eigenvalue weighted by Crippen LogP contribution is 2.14. The maximum Gasteiger partial charge on any atom is 0.272 e. The summed E-state index contributed by atoms with van der Waals surface area (Å²) >= 11 is 0. The Bertz CT molecular complexity index is 932. The minimum atomic E-state index is -0.265. The van der Waals surface area contributed by atoms with Crippen LogP contribution >= 0.6 is 0 Å². The van der Waals surface area contributed by atoms with E-state index in [0.717, 1.165) is 5.52 Å². The number of anilines is 1. The zero-order valence-corrected chi connectivity index (χ0v) is 12.9. The van der Waals surface area contributed by atoms with Crippen LogP contribution in [0.15, 0.2) is 47.4 Å². The molecule has 0 radical (unpaired) electrons. The van der Waals surface area contributed by atoms with Crippen molar-refractivity contribution in [2.75, 3.05) is 5.32 Å². The van der Waals surface area contributed by atoms with E-state index in [1.165, 1.54) is 0 Å². The Kier molecular flexibility index (Phi) is 3.89. The Morgan fingerprint density at radius 2 is 2.09 bits per heavy atom.